The molecule has 0 aromatic carbocycles. The van der Waals surface area contributed by atoms with E-state index < -0.39 is 8.32 Å². The van der Waals surface area contributed by atoms with Crippen molar-refractivity contribution in [2.75, 3.05) is 6.61 Å². The highest BCUT2D eigenvalue weighted by atomic mass is 28.4. The Morgan fingerprint density at radius 3 is 2.12 bits per heavy atom. The summed E-state index contributed by atoms with van der Waals surface area (Å²) in [6, 6.07) is 0. The molecule has 2 atom stereocenters. The lowest BCUT2D eigenvalue weighted by Gasteiger charge is -2.39. The average Bonchev–Trinajstić information content (AvgIpc) is 2.11. The van der Waals surface area contributed by atoms with Crippen LogP contribution < -0.4 is 0 Å². The molecule has 0 spiro atoms. The van der Waals surface area contributed by atoms with Gasteiger partial charge in [0.1, 0.15) is 0 Å². The first-order chi connectivity index (χ1) is 7.12. The first-order valence-corrected chi connectivity index (χ1v) is 8.98. The van der Waals surface area contributed by atoms with Gasteiger partial charge < -0.3 is 9.53 Å². The summed E-state index contributed by atoms with van der Waals surface area (Å²) in [6.07, 6.45) is 4.03. The van der Waals surface area contributed by atoms with Gasteiger partial charge in [-0.2, -0.15) is 0 Å². The molecule has 2 unspecified atom stereocenters. The third kappa shape index (κ3) is 4.81. The minimum absolute atomic E-state index is 0.108. The van der Waals surface area contributed by atoms with Gasteiger partial charge >= 0.3 is 0 Å². The van der Waals surface area contributed by atoms with Gasteiger partial charge in [0.05, 0.1) is 6.61 Å². The van der Waals surface area contributed by atoms with Gasteiger partial charge in [0.15, 0.2) is 8.32 Å². The van der Waals surface area contributed by atoms with Gasteiger partial charge in [0.2, 0.25) is 0 Å². The Bertz CT molecular complexity index is 229. The SMILES string of the molecule is CC(/C=C/CO)C(C)O[Si](C)(C)C(C)(C)C. The van der Waals surface area contributed by atoms with E-state index in [4.69, 9.17) is 9.53 Å². The summed E-state index contributed by atoms with van der Waals surface area (Å²) >= 11 is 0. The molecule has 0 rings (SSSR count). The topological polar surface area (TPSA) is 29.5 Å². The summed E-state index contributed by atoms with van der Waals surface area (Å²) in [5.41, 5.74) is 0. The molecule has 0 fully saturated rings. The van der Waals surface area contributed by atoms with E-state index in [1.165, 1.54) is 0 Å². The number of hydrogen-bond donors (Lipinski definition) is 1. The number of rotatable bonds is 5. The summed E-state index contributed by atoms with van der Waals surface area (Å²) < 4.78 is 6.27. The Labute approximate surface area is 102 Å². The van der Waals surface area contributed by atoms with Crippen LogP contribution in [0.4, 0.5) is 0 Å². The van der Waals surface area contributed by atoms with Crippen molar-refractivity contribution in [1.82, 2.24) is 0 Å². The summed E-state index contributed by atoms with van der Waals surface area (Å²) in [4.78, 5) is 0. The molecule has 3 heteroatoms. The molecule has 2 nitrogen and oxygen atoms in total. The number of aliphatic hydroxyl groups excluding tert-OH is 1. The average molecular weight is 244 g/mol. The van der Waals surface area contributed by atoms with E-state index in [9.17, 15) is 0 Å². The second kappa shape index (κ2) is 5.99. The third-order valence-corrected chi connectivity index (χ3v) is 8.15. The first kappa shape index (κ1) is 15.9. The zero-order chi connectivity index (χ0) is 13.0. The maximum absolute atomic E-state index is 8.74. The standard InChI is InChI=1S/C13H28O2Si/c1-11(9-8-10-14)12(2)15-16(6,7)13(3,4)5/h8-9,11-12,14H,10H2,1-7H3/b9-8+. The third-order valence-electron chi connectivity index (χ3n) is 3.57. The predicted molar refractivity (Wildman–Crippen MR) is 73.1 cm³/mol. The van der Waals surface area contributed by atoms with E-state index in [-0.39, 0.29) is 17.7 Å². The van der Waals surface area contributed by atoms with Crippen LogP contribution in [0.25, 0.3) is 0 Å². The molecule has 0 aromatic rings. The van der Waals surface area contributed by atoms with Gasteiger partial charge in [-0.3, -0.25) is 0 Å². The molecule has 16 heavy (non-hydrogen) atoms. The van der Waals surface area contributed by atoms with Crippen LogP contribution in [0.3, 0.4) is 0 Å². The van der Waals surface area contributed by atoms with Crippen LogP contribution in [-0.2, 0) is 4.43 Å². The Kier molecular flexibility index (Phi) is 5.94. The number of aliphatic hydroxyl groups is 1. The molecule has 0 aliphatic carbocycles. The minimum Gasteiger partial charge on any atom is -0.414 e. The summed E-state index contributed by atoms with van der Waals surface area (Å²) in [6.45, 7) is 15.6. The van der Waals surface area contributed by atoms with Crippen molar-refractivity contribution in [3.8, 4) is 0 Å². The Balaban J connectivity index is 4.44. The highest BCUT2D eigenvalue weighted by Gasteiger charge is 2.38. The molecule has 0 aliphatic rings. The zero-order valence-corrected chi connectivity index (χ0v) is 12.9. The maximum atomic E-state index is 8.74. The fourth-order valence-electron chi connectivity index (χ4n) is 1.18. The van der Waals surface area contributed by atoms with E-state index >= 15 is 0 Å². The Morgan fingerprint density at radius 1 is 1.25 bits per heavy atom. The van der Waals surface area contributed by atoms with E-state index in [0.717, 1.165) is 0 Å². The molecular weight excluding hydrogens is 216 g/mol. The van der Waals surface area contributed by atoms with E-state index in [2.05, 4.69) is 47.7 Å². The predicted octanol–water partition coefficient (Wildman–Crippen LogP) is 3.58. The lowest BCUT2D eigenvalue weighted by molar-refractivity contribution is 0.163. The molecule has 0 amide bonds. The molecule has 0 aliphatic heterocycles. The lowest BCUT2D eigenvalue weighted by atomic mass is 10.1. The fraction of sp³-hybridized carbons (Fsp3) is 0.846. The van der Waals surface area contributed by atoms with Crippen LogP contribution in [0, 0.1) is 5.92 Å². The van der Waals surface area contributed by atoms with Crippen LogP contribution in [0.2, 0.25) is 18.1 Å². The van der Waals surface area contributed by atoms with Crippen LogP contribution >= 0.6 is 0 Å². The summed E-state index contributed by atoms with van der Waals surface area (Å²) in [7, 11) is -1.67. The van der Waals surface area contributed by atoms with Crippen LogP contribution in [0.5, 0.6) is 0 Å². The minimum atomic E-state index is -1.67. The van der Waals surface area contributed by atoms with Gasteiger partial charge in [0.25, 0.3) is 0 Å². The molecule has 96 valence electrons. The maximum Gasteiger partial charge on any atom is 0.192 e. The molecule has 0 radical (unpaired) electrons. The monoisotopic (exact) mass is 244 g/mol. The second-order valence-corrected chi connectivity index (χ2v) is 10.8. The second-order valence-electron chi connectivity index (χ2n) is 6.05. The van der Waals surface area contributed by atoms with Crippen LogP contribution in [-0.4, -0.2) is 26.1 Å². The molecule has 0 saturated carbocycles. The molecule has 0 heterocycles. The van der Waals surface area contributed by atoms with Gasteiger partial charge in [-0.05, 0) is 31.0 Å². The van der Waals surface area contributed by atoms with Gasteiger partial charge in [-0.15, -0.1) is 0 Å². The molecule has 0 aromatic heterocycles. The molecular formula is C13H28O2Si. The van der Waals surface area contributed by atoms with Crippen molar-refractivity contribution in [1.29, 1.82) is 0 Å². The van der Waals surface area contributed by atoms with Gasteiger partial charge in [-0.1, -0.05) is 39.8 Å². The van der Waals surface area contributed by atoms with Crippen molar-refractivity contribution in [3.05, 3.63) is 12.2 Å². The first-order valence-electron chi connectivity index (χ1n) is 6.07. The van der Waals surface area contributed by atoms with Crippen molar-refractivity contribution >= 4 is 8.32 Å². The summed E-state index contributed by atoms with van der Waals surface area (Å²) in [5, 5.41) is 8.99. The van der Waals surface area contributed by atoms with Crippen molar-refractivity contribution in [2.45, 2.75) is 58.9 Å². The molecule has 0 saturated heterocycles. The largest absolute Gasteiger partial charge is 0.414 e. The van der Waals surface area contributed by atoms with Gasteiger partial charge in [0, 0.05) is 6.10 Å². The van der Waals surface area contributed by atoms with Crippen molar-refractivity contribution < 1.29 is 9.53 Å². The van der Waals surface area contributed by atoms with Crippen LogP contribution in [0.1, 0.15) is 34.6 Å². The Morgan fingerprint density at radius 2 is 1.75 bits per heavy atom. The van der Waals surface area contributed by atoms with Crippen molar-refractivity contribution in [3.63, 3.8) is 0 Å². The van der Waals surface area contributed by atoms with E-state index in [1.54, 1.807) is 6.08 Å². The summed E-state index contributed by atoms with van der Waals surface area (Å²) in [5.74, 6) is 0.348. The fourth-order valence-corrected chi connectivity index (χ4v) is 2.68. The van der Waals surface area contributed by atoms with Gasteiger partial charge in [-0.25, -0.2) is 0 Å². The van der Waals surface area contributed by atoms with Crippen molar-refractivity contribution in [2.24, 2.45) is 5.92 Å². The Hall–Kier alpha value is -0.123. The molecule has 1 N–H and O–H groups in total. The number of hydrogen-bond acceptors (Lipinski definition) is 2. The zero-order valence-electron chi connectivity index (χ0n) is 11.9. The van der Waals surface area contributed by atoms with E-state index in [0.29, 0.717) is 5.92 Å². The highest BCUT2D eigenvalue weighted by molar-refractivity contribution is 6.74. The van der Waals surface area contributed by atoms with Crippen LogP contribution in [0.15, 0.2) is 12.2 Å². The highest BCUT2D eigenvalue weighted by Crippen LogP contribution is 2.38. The smallest absolute Gasteiger partial charge is 0.192 e. The lowest BCUT2D eigenvalue weighted by Crippen LogP contribution is -2.44. The molecule has 0 bridgehead atoms. The normalized spacial score (nSPS) is 17.8. The van der Waals surface area contributed by atoms with E-state index in [1.807, 2.05) is 6.08 Å². The quantitative estimate of drug-likeness (QED) is 0.591.